The quantitative estimate of drug-likeness (QED) is 0.289. The average molecular weight is 510 g/mol. The second-order valence-corrected chi connectivity index (χ2v) is 9.06. The molecular formula is C25H26ClF2NO4S. The van der Waals surface area contributed by atoms with Gasteiger partial charge in [0.15, 0.2) is 23.5 Å². The van der Waals surface area contributed by atoms with Gasteiger partial charge < -0.3 is 14.2 Å². The minimum atomic E-state index is -0.932. The second kappa shape index (κ2) is 12.2. The van der Waals surface area contributed by atoms with E-state index in [1.807, 2.05) is 19.1 Å². The van der Waals surface area contributed by atoms with E-state index in [2.05, 4.69) is 4.98 Å². The molecule has 1 aromatic heterocycles. The molecule has 0 amide bonds. The van der Waals surface area contributed by atoms with Crippen LogP contribution in [0, 0.1) is 18.6 Å². The third-order valence-corrected chi connectivity index (χ3v) is 6.28. The predicted molar refractivity (Wildman–Crippen MR) is 129 cm³/mol. The summed E-state index contributed by atoms with van der Waals surface area (Å²) < 4.78 is 45.0. The van der Waals surface area contributed by atoms with E-state index in [9.17, 15) is 13.6 Å². The molecule has 182 valence electrons. The molecule has 0 spiro atoms. The maximum absolute atomic E-state index is 14.6. The molecular weight excluding hydrogens is 484 g/mol. The Hall–Kier alpha value is -2.55. The molecule has 34 heavy (non-hydrogen) atoms. The lowest BCUT2D eigenvalue weighted by molar-refractivity contribution is -0.156. The molecule has 0 radical (unpaired) electrons. The van der Waals surface area contributed by atoms with Crippen LogP contribution in [0.1, 0.15) is 30.0 Å². The van der Waals surface area contributed by atoms with Crippen LogP contribution in [0.25, 0.3) is 10.6 Å². The number of esters is 1. The van der Waals surface area contributed by atoms with Crippen molar-refractivity contribution < 1.29 is 27.8 Å². The van der Waals surface area contributed by atoms with Crippen LogP contribution < -0.4 is 4.74 Å². The summed E-state index contributed by atoms with van der Waals surface area (Å²) in [5.41, 5.74) is 2.03. The zero-order chi connectivity index (χ0) is 24.7. The Labute approximate surface area is 206 Å². The number of nitrogens with zero attached hydrogens (tertiary/aromatic N) is 1. The highest BCUT2D eigenvalue weighted by atomic mass is 35.5. The molecule has 9 heteroatoms. The van der Waals surface area contributed by atoms with Crippen molar-refractivity contribution in [3.63, 3.8) is 0 Å². The third-order valence-electron chi connectivity index (χ3n) is 4.97. The van der Waals surface area contributed by atoms with Crippen molar-refractivity contribution in [2.75, 3.05) is 19.8 Å². The van der Waals surface area contributed by atoms with Crippen molar-refractivity contribution in [2.24, 2.45) is 0 Å². The minimum absolute atomic E-state index is 0.00765. The molecule has 0 N–H and O–H groups in total. The van der Waals surface area contributed by atoms with Crippen LogP contribution in [0.3, 0.4) is 0 Å². The Morgan fingerprint density at radius 3 is 2.41 bits per heavy atom. The SMILES string of the molecule is CCOC(=O)C(Cc1cc(F)c(OCCc2nc(-c3ccc(Cl)cc3)sc2C)c(F)c1)OCC. The molecule has 3 aromatic rings. The van der Waals surface area contributed by atoms with E-state index in [4.69, 9.17) is 25.8 Å². The fraction of sp³-hybridized carbons (Fsp3) is 0.360. The van der Waals surface area contributed by atoms with Crippen LogP contribution in [0.4, 0.5) is 8.78 Å². The first kappa shape index (κ1) is 26.1. The Morgan fingerprint density at radius 1 is 1.12 bits per heavy atom. The van der Waals surface area contributed by atoms with E-state index in [-0.39, 0.29) is 31.8 Å². The van der Waals surface area contributed by atoms with E-state index in [1.54, 1.807) is 26.0 Å². The Morgan fingerprint density at radius 2 is 1.79 bits per heavy atom. The van der Waals surface area contributed by atoms with Gasteiger partial charge in [-0.1, -0.05) is 23.7 Å². The molecule has 0 saturated heterocycles. The monoisotopic (exact) mass is 509 g/mol. The number of carbonyl (C=O) groups is 1. The number of thiazole rings is 1. The first-order chi connectivity index (χ1) is 16.3. The van der Waals surface area contributed by atoms with Crippen LogP contribution in [-0.2, 0) is 27.1 Å². The third kappa shape index (κ3) is 6.74. The van der Waals surface area contributed by atoms with Gasteiger partial charge in [-0.25, -0.2) is 18.6 Å². The second-order valence-electron chi connectivity index (χ2n) is 7.42. The van der Waals surface area contributed by atoms with Gasteiger partial charge in [0, 0.05) is 34.9 Å². The Kier molecular flexibility index (Phi) is 9.38. The molecule has 2 aromatic carbocycles. The lowest BCUT2D eigenvalue weighted by atomic mass is 10.1. The average Bonchev–Trinajstić information content (AvgIpc) is 3.16. The molecule has 3 rings (SSSR count). The molecule has 0 aliphatic carbocycles. The molecule has 0 bridgehead atoms. The normalized spacial score (nSPS) is 11.9. The van der Waals surface area contributed by atoms with E-state index in [0.29, 0.717) is 11.4 Å². The van der Waals surface area contributed by atoms with Crippen molar-refractivity contribution in [1.82, 2.24) is 4.98 Å². The summed E-state index contributed by atoms with van der Waals surface area (Å²) in [4.78, 5) is 17.7. The highest BCUT2D eigenvalue weighted by Crippen LogP contribution is 2.29. The summed E-state index contributed by atoms with van der Waals surface area (Å²) in [5.74, 6) is -2.71. The van der Waals surface area contributed by atoms with Crippen molar-refractivity contribution in [3.8, 4) is 16.3 Å². The fourth-order valence-corrected chi connectivity index (χ4v) is 4.45. The van der Waals surface area contributed by atoms with Gasteiger partial charge in [0.05, 0.1) is 18.9 Å². The molecule has 0 saturated carbocycles. The Bertz CT molecular complexity index is 1100. The van der Waals surface area contributed by atoms with Crippen LogP contribution in [0.2, 0.25) is 5.02 Å². The zero-order valence-electron chi connectivity index (χ0n) is 19.2. The number of ether oxygens (including phenoxy) is 3. The smallest absolute Gasteiger partial charge is 0.335 e. The largest absolute Gasteiger partial charge is 0.487 e. The zero-order valence-corrected chi connectivity index (χ0v) is 20.8. The first-order valence-electron chi connectivity index (χ1n) is 10.9. The lowest BCUT2D eigenvalue weighted by Crippen LogP contribution is -2.29. The van der Waals surface area contributed by atoms with E-state index in [0.717, 1.165) is 33.3 Å². The number of hydrogen-bond donors (Lipinski definition) is 0. The summed E-state index contributed by atoms with van der Waals surface area (Å²) in [5, 5.41) is 1.49. The van der Waals surface area contributed by atoms with E-state index >= 15 is 0 Å². The van der Waals surface area contributed by atoms with Gasteiger partial charge in [-0.3, -0.25) is 0 Å². The van der Waals surface area contributed by atoms with Crippen LogP contribution in [0.15, 0.2) is 36.4 Å². The lowest BCUT2D eigenvalue weighted by Gasteiger charge is -2.16. The predicted octanol–water partition coefficient (Wildman–Crippen LogP) is 6.18. The topological polar surface area (TPSA) is 57.7 Å². The van der Waals surface area contributed by atoms with Gasteiger partial charge in [0.2, 0.25) is 0 Å². The van der Waals surface area contributed by atoms with Crippen LogP contribution in [0.5, 0.6) is 5.75 Å². The number of benzene rings is 2. The van der Waals surface area contributed by atoms with E-state index in [1.165, 1.54) is 11.3 Å². The Balaban J connectivity index is 1.64. The highest BCUT2D eigenvalue weighted by Gasteiger charge is 2.23. The summed E-state index contributed by atoms with van der Waals surface area (Å²) in [6.45, 7) is 5.87. The van der Waals surface area contributed by atoms with E-state index < -0.39 is 29.5 Å². The van der Waals surface area contributed by atoms with Gasteiger partial charge in [-0.2, -0.15) is 0 Å². The van der Waals surface area contributed by atoms with Crippen LogP contribution >= 0.6 is 22.9 Å². The summed E-state index contributed by atoms with van der Waals surface area (Å²) in [6.07, 6.45) is -0.545. The van der Waals surface area contributed by atoms with Gasteiger partial charge in [0.1, 0.15) is 5.01 Å². The minimum Gasteiger partial charge on any atom is -0.487 e. The number of halogens is 3. The number of aryl methyl sites for hydroxylation is 1. The number of rotatable bonds is 11. The van der Waals surface area contributed by atoms with Gasteiger partial charge in [-0.05, 0) is 50.6 Å². The van der Waals surface area contributed by atoms with Crippen molar-refractivity contribution in [2.45, 2.75) is 39.7 Å². The van der Waals surface area contributed by atoms with Crippen LogP contribution in [-0.4, -0.2) is 36.9 Å². The standard InChI is InChI=1S/C25H26ClF2NO4S/c1-4-31-22(25(30)32-5-2)14-16-12-19(27)23(20(28)13-16)33-11-10-21-15(3)34-24(29-21)17-6-8-18(26)9-7-17/h6-9,12-13,22H,4-5,10-11,14H2,1-3H3. The molecule has 0 aliphatic rings. The maximum Gasteiger partial charge on any atom is 0.335 e. The number of carbonyl (C=O) groups excluding carboxylic acids is 1. The molecule has 0 aliphatic heterocycles. The van der Waals surface area contributed by atoms with Gasteiger partial charge in [0.25, 0.3) is 0 Å². The molecule has 1 unspecified atom stereocenters. The van der Waals surface area contributed by atoms with Gasteiger partial charge >= 0.3 is 5.97 Å². The molecule has 0 fully saturated rings. The fourth-order valence-electron chi connectivity index (χ4n) is 3.35. The van der Waals surface area contributed by atoms with Crippen molar-refractivity contribution >= 4 is 28.9 Å². The summed E-state index contributed by atoms with van der Waals surface area (Å²) >= 11 is 7.48. The number of hydrogen-bond acceptors (Lipinski definition) is 6. The van der Waals surface area contributed by atoms with Gasteiger partial charge in [-0.15, -0.1) is 11.3 Å². The highest BCUT2D eigenvalue weighted by molar-refractivity contribution is 7.15. The maximum atomic E-state index is 14.6. The summed E-state index contributed by atoms with van der Waals surface area (Å²) in [6, 6.07) is 9.69. The molecule has 5 nitrogen and oxygen atoms in total. The first-order valence-corrected chi connectivity index (χ1v) is 12.1. The number of aromatic nitrogens is 1. The van der Waals surface area contributed by atoms with Crippen molar-refractivity contribution in [3.05, 3.63) is 69.2 Å². The molecule has 1 atom stereocenters. The summed E-state index contributed by atoms with van der Waals surface area (Å²) in [7, 11) is 0. The van der Waals surface area contributed by atoms with Crippen molar-refractivity contribution in [1.29, 1.82) is 0 Å². The molecule has 1 heterocycles.